The number of imide groups is 1. The highest BCUT2D eigenvalue weighted by atomic mass is 16.5. The molecule has 0 aromatic heterocycles. The first kappa shape index (κ1) is 13.3. The van der Waals surface area contributed by atoms with Crippen LogP contribution < -0.4 is 0 Å². The van der Waals surface area contributed by atoms with Gasteiger partial charge in [0.1, 0.15) is 13.1 Å². The molecule has 106 valence electrons. The van der Waals surface area contributed by atoms with Crippen LogP contribution in [-0.2, 0) is 4.74 Å². The largest absolute Gasteiger partial charge is 0.370 e. The van der Waals surface area contributed by atoms with E-state index < -0.39 is 0 Å². The van der Waals surface area contributed by atoms with Crippen molar-refractivity contribution in [1.29, 1.82) is 0 Å². The second-order valence-electron chi connectivity index (χ2n) is 5.71. The molecule has 0 atom stereocenters. The molecule has 20 heavy (non-hydrogen) atoms. The molecule has 0 spiro atoms. The van der Waals surface area contributed by atoms with E-state index in [1.54, 1.807) is 24.3 Å². The van der Waals surface area contributed by atoms with Gasteiger partial charge in [-0.15, -0.1) is 0 Å². The predicted octanol–water partition coefficient (Wildman–Crippen LogP) is 0.759. The van der Waals surface area contributed by atoms with Crippen molar-refractivity contribution in [2.75, 3.05) is 46.4 Å². The van der Waals surface area contributed by atoms with Crippen molar-refractivity contribution < 1.29 is 18.8 Å². The summed E-state index contributed by atoms with van der Waals surface area (Å²) in [5.74, 6) is -0.323. The minimum atomic E-state index is -0.162. The third-order valence-electron chi connectivity index (χ3n) is 4.29. The second kappa shape index (κ2) is 5.00. The maximum Gasteiger partial charge on any atom is 0.261 e. The molecule has 2 aliphatic rings. The lowest BCUT2D eigenvalue weighted by Crippen LogP contribution is -2.55. The minimum absolute atomic E-state index is 0.162. The SMILES string of the molecule is C[N+]1(CCN2C(=O)c3ccccc3C2=O)CCOCC1. The smallest absolute Gasteiger partial charge is 0.261 e. The summed E-state index contributed by atoms with van der Waals surface area (Å²) in [4.78, 5) is 25.9. The van der Waals surface area contributed by atoms with Crippen LogP contribution in [0.15, 0.2) is 24.3 Å². The molecule has 1 aromatic rings. The molecule has 2 heterocycles. The van der Waals surface area contributed by atoms with Crippen LogP contribution in [0.3, 0.4) is 0 Å². The number of likely N-dealkylation sites (N-methyl/N-ethyl adjacent to an activating group) is 1. The zero-order valence-corrected chi connectivity index (χ0v) is 11.7. The van der Waals surface area contributed by atoms with Gasteiger partial charge in [-0.2, -0.15) is 0 Å². The molecule has 0 radical (unpaired) electrons. The third kappa shape index (κ3) is 2.23. The monoisotopic (exact) mass is 275 g/mol. The van der Waals surface area contributed by atoms with Gasteiger partial charge >= 0.3 is 0 Å². The Kier molecular flexibility index (Phi) is 3.31. The Balaban J connectivity index is 1.70. The summed E-state index contributed by atoms with van der Waals surface area (Å²) in [6.07, 6.45) is 0. The van der Waals surface area contributed by atoms with Gasteiger partial charge in [-0.3, -0.25) is 14.5 Å². The molecule has 1 saturated heterocycles. The van der Waals surface area contributed by atoms with Crippen molar-refractivity contribution in [3.63, 3.8) is 0 Å². The Morgan fingerprint density at radius 3 is 2.20 bits per heavy atom. The molecule has 3 rings (SSSR count). The van der Waals surface area contributed by atoms with Gasteiger partial charge in [-0.05, 0) is 12.1 Å². The Labute approximate surface area is 118 Å². The highest BCUT2D eigenvalue weighted by molar-refractivity contribution is 6.21. The van der Waals surface area contributed by atoms with Crippen LogP contribution in [-0.4, -0.2) is 67.6 Å². The summed E-state index contributed by atoms with van der Waals surface area (Å²) >= 11 is 0. The van der Waals surface area contributed by atoms with Crippen molar-refractivity contribution in [2.45, 2.75) is 0 Å². The van der Waals surface area contributed by atoms with Crippen molar-refractivity contribution in [3.05, 3.63) is 35.4 Å². The molecule has 0 saturated carbocycles. The number of amides is 2. The van der Waals surface area contributed by atoms with Gasteiger partial charge in [-0.1, -0.05) is 12.1 Å². The molecule has 2 amide bonds. The summed E-state index contributed by atoms with van der Waals surface area (Å²) in [6, 6.07) is 7.04. The Morgan fingerprint density at radius 2 is 1.65 bits per heavy atom. The van der Waals surface area contributed by atoms with E-state index in [1.165, 1.54) is 4.90 Å². The fourth-order valence-electron chi connectivity index (χ4n) is 2.79. The lowest BCUT2D eigenvalue weighted by Gasteiger charge is -2.38. The van der Waals surface area contributed by atoms with Crippen molar-refractivity contribution in [2.24, 2.45) is 0 Å². The maximum atomic E-state index is 12.3. The molecule has 1 aromatic carbocycles. The average molecular weight is 275 g/mol. The Bertz CT molecular complexity index is 515. The molecule has 0 N–H and O–H groups in total. The van der Waals surface area contributed by atoms with Gasteiger partial charge in [0, 0.05) is 0 Å². The van der Waals surface area contributed by atoms with Gasteiger partial charge in [-0.25, -0.2) is 0 Å². The molecule has 5 heteroatoms. The van der Waals surface area contributed by atoms with Gasteiger partial charge in [0.2, 0.25) is 0 Å². The fourth-order valence-corrected chi connectivity index (χ4v) is 2.79. The zero-order chi connectivity index (χ0) is 14.2. The first-order chi connectivity index (χ1) is 9.61. The van der Waals surface area contributed by atoms with E-state index in [0.29, 0.717) is 17.7 Å². The van der Waals surface area contributed by atoms with Crippen LogP contribution in [0.25, 0.3) is 0 Å². The summed E-state index contributed by atoms with van der Waals surface area (Å²) in [6.45, 7) is 4.63. The highest BCUT2D eigenvalue weighted by Gasteiger charge is 2.36. The van der Waals surface area contributed by atoms with E-state index in [-0.39, 0.29) is 11.8 Å². The summed E-state index contributed by atoms with van der Waals surface area (Å²) in [5.41, 5.74) is 1.06. The predicted molar refractivity (Wildman–Crippen MR) is 73.4 cm³/mol. The molecule has 0 aliphatic carbocycles. The van der Waals surface area contributed by atoms with Gasteiger partial charge in [0.25, 0.3) is 11.8 Å². The molecular weight excluding hydrogens is 256 g/mol. The van der Waals surface area contributed by atoms with Crippen molar-refractivity contribution in [1.82, 2.24) is 4.90 Å². The molecule has 0 bridgehead atoms. The van der Waals surface area contributed by atoms with Crippen LogP contribution in [0.4, 0.5) is 0 Å². The third-order valence-corrected chi connectivity index (χ3v) is 4.29. The number of rotatable bonds is 3. The maximum absolute atomic E-state index is 12.3. The molecular formula is C15H19N2O3+. The Morgan fingerprint density at radius 1 is 1.10 bits per heavy atom. The molecule has 0 unspecified atom stereocenters. The number of nitrogens with zero attached hydrogens (tertiary/aromatic N) is 2. The topological polar surface area (TPSA) is 46.6 Å². The number of ether oxygens (including phenoxy) is 1. The van der Waals surface area contributed by atoms with Crippen LogP contribution in [0.1, 0.15) is 20.7 Å². The van der Waals surface area contributed by atoms with E-state index in [2.05, 4.69) is 7.05 Å². The second-order valence-corrected chi connectivity index (χ2v) is 5.71. The van der Waals surface area contributed by atoms with Crippen molar-refractivity contribution in [3.8, 4) is 0 Å². The number of fused-ring (bicyclic) bond motifs is 1. The van der Waals surface area contributed by atoms with E-state index in [1.807, 2.05) is 0 Å². The van der Waals surface area contributed by atoms with Crippen LogP contribution in [0.5, 0.6) is 0 Å². The number of quaternary nitrogens is 1. The number of carbonyl (C=O) groups excluding carboxylic acids is 2. The first-order valence-electron chi connectivity index (χ1n) is 6.97. The summed E-state index contributed by atoms with van der Waals surface area (Å²) < 4.78 is 6.22. The van der Waals surface area contributed by atoms with E-state index in [9.17, 15) is 9.59 Å². The van der Waals surface area contributed by atoms with E-state index in [4.69, 9.17) is 4.74 Å². The number of morpholine rings is 1. The number of benzene rings is 1. The number of hydrogen-bond donors (Lipinski definition) is 0. The molecule has 1 fully saturated rings. The zero-order valence-electron chi connectivity index (χ0n) is 11.7. The standard InChI is InChI=1S/C15H19N2O3/c1-17(8-10-20-11-9-17)7-6-16-14(18)12-4-2-3-5-13(12)15(16)19/h2-5H,6-11H2,1H3/q+1. The van der Waals surface area contributed by atoms with E-state index >= 15 is 0 Å². The van der Waals surface area contributed by atoms with E-state index in [0.717, 1.165) is 37.3 Å². The summed E-state index contributed by atoms with van der Waals surface area (Å²) in [7, 11) is 2.15. The highest BCUT2D eigenvalue weighted by Crippen LogP contribution is 2.22. The normalized spacial score (nSPS) is 21.1. The average Bonchev–Trinajstić information content (AvgIpc) is 2.70. The van der Waals surface area contributed by atoms with Gasteiger partial charge < -0.3 is 9.22 Å². The minimum Gasteiger partial charge on any atom is -0.370 e. The lowest BCUT2D eigenvalue weighted by molar-refractivity contribution is -0.916. The quantitative estimate of drug-likeness (QED) is 0.604. The lowest BCUT2D eigenvalue weighted by atomic mass is 10.1. The molecule has 5 nitrogen and oxygen atoms in total. The van der Waals surface area contributed by atoms with Crippen LogP contribution >= 0.6 is 0 Å². The van der Waals surface area contributed by atoms with Crippen LogP contribution in [0, 0.1) is 0 Å². The van der Waals surface area contributed by atoms with Gasteiger partial charge in [0.15, 0.2) is 0 Å². The number of carbonyl (C=O) groups is 2. The fraction of sp³-hybridized carbons (Fsp3) is 0.467. The number of hydrogen-bond acceptors (Lipinski definition) is 3. The van der Waals surface area contributed by atoms with Crippen molar-refractivity contribution >= 4 is 11.8 Å². The first-order valence-corrected chi connectivity index (χ1v) is 6.97. The van der Waals surface area contributed by atoms with Crippen LogP contribution in [0.2, 0.25) is 0 Å². The summed E-state index contributed by atoms with van der Waals surface area (Å²) in [5, 5.41) is 0. The molecule has 2 aliphatic heterocycles. The van der Waals surface area contributed by atoms with Gasteiger partial charge in [0.05, 0.1) is 44.5 Å². The Hall–Kier alpha value is -1.72.